The van der Waals surface area contributed by atoms with E-state index in [1.807, 2.05) is 6.92 Å². The fraction of sp³-hybridized carbons (Fsp3) is 0.227. The minimum absolute atomic E-state index is 0.0413. The maximum absolute atomic E-state index is 13.8. The van der Waals surface area contributed by atoms with E-state index in [2.05, 4.69) is 10.4 Å². The van der Waals surface area contributed by atoms with Crippen molar-refractivity contribution in [3.63, 3.8) is 0 Å². The molecule has 0 fully saturated rings. The fourth-order valence-electron chi connectivity index (χ4n) is 3.02. The Morgan fingerprint density at radius 3 is 2.39 bits per heavy atom. The molecule has 0 unspecified atom stereocenters. The highest BCUT2D eigenvalue weighted by Gasteiger charge is 2.40. The van der Waals surface area contributed by atoms with Crippen molar-refractivity contribution < 1.29 is 22.8 Å². The average Bonchev–Trinajstić information content (AvgIpc) is 3.18. The van der Waals surface area contributed by atoms with Gasteiger partial charge in [-0.05, 0) is 36.8 Å². The summed E-state index contributed by atoms with van der Waals surface area (Å²) in [5.74, 6) is -1.12. The molecule has 3 rings (SSSR count). The molecule has 31 heavy (non-hydrogen) atoms. The number of rotatable bonds is 5. The van der Waals surface area contributed by atoms with E-state index in [1.165, 1.54) is 17.0 Å². The van der Waals surface area contributed by atoms with Crippen molar-refractivity contribution in [1.82, 2.24) is 20.0 Å². The van der Waals surface area contributed by atoms with Gasteiger partial charge in [-0.15, -0.1) is 0 Å². The van der Waals surface area contributed by atoms with Crippen molar-refractivity contribution in [3.05, 3.63) is 82.7 Å². The summed E-state index contributed by atoms with van der Waals surface area (Å²) >= 11 is 0. The van der Waals surface area contributed by atoms with Crippen LogP contribution in [-0.2, 0) is 12.7 Å². The summed E-state index contributed by atoms with van der Waals surface area (Å²) < 4.78 is 42.0. The number of alkyl halides is 3. The third kappa shape index (κ3) is 4.93. The maximum Gasteiger partial charge on any atom is 0.434 e. The van der Waals surface area contributed by atoms with E-state index in [1.54, 1.807) is 50.5 Å². The van der Waals surface area contributed by atoms with Gasteiger partial charge < -0.3 is 10.2 Å². The van der Waals surface area contributed by atoms with E-state index < -0.39 is 23.3 Å². The van der Waals surface area contributed by atoms with Crippen molar-refractivity contribution in [2.45, 2.75) is 19.6 Å². The molecule has 0 aliphatic carbocycles. The summed E-state index contributed by atoms with van der Waals surface area (Å²) in [4.78, 5) is 26.1. The van der Waals surface area contributed by atoms with E-state index in [0.29, 0.717) is 15.8 Å². The lowest BCUT2D eigenvalue weighted by atomic mass is 10.1. The number of hydrogen-bond acceptors (Lipinski definition) is 3. The molecule has 0 aliphatic rings. The van der Waals surface area contributed by atoms with Crippen LogP contribution in [0.3, 0.4) is 0 Å². The van der Waals surface area contributed by atoms with Gasteiger partial charge in [-0.3, -0.25) is 9.59 Å². The SMILES string of the molecule is Cc1ccc(-n2ncc(C(=O)NCc3cccc(C(=O)N(C)C)c3)c2C(F)(F)F)cc1. The Labute approximate surface area is 177 Å². The number of aryl methyl sites for hydroxylation is 1. The van der Waals surface area contributed by atoms with E-state index in [9.17, 15) is 22.8 Å². The largest absolute Gasteiger partial charge is 0.434 e. The molecular formula is C22H21F3N4O2. The van der Waals surface area contributed by atoms with Crippen molar-refractivity contribution in [2.24, 2.45) is 0 Å². The first-order valence-corrected chi connectivity index (χ1v) is 9.39. The van der Waals surface area contributed by atoms with Crippen LogP contribution in [0.15, 0.2) is 54.7 Å². The summed E-state index contributed by atoms with van der Waals surface area (Å²) in [5.41, 5.74) is 0.365. The van der Waals surface area contributed by atoms with Crippen LogP contribution in [0.4, 0.5) is 13.2 Å². The highest BCUT2D eigenvalue weighted by Crippen LogP contribution is 2.33. The molecule has 2 aromatic carbocycles. The molecule has 0 aliphatic heterocycles. The molecule has 3 aromatic rings. The molecule has 0 radical (unpaired) electrons. The number of carbonyl (C=O) groups excluding carboxylic acids is 2. The zero-order valence-electron chi connectivity index (χ0n) is 17.2. The zero-order valence-corrected chi connectivity index (χ0v) is 17.2. The molecule has 0 saturated carbocycles. The summed E-state index contributed by atoms with van der Waals surface area (Å²) in [7, 11) is 3.22. The number of aromatic nitrogens is 2. The molecule has 1 N–H and O–H groups in total. The highest BCUT2D eigenvalue weighted by molar-refractivity contribution is 5.96. The molecule has 0 saturated heterocycles. The van der Waals surface area contributed by atoms with Crippen LogP contribution in [0, 0.1) is 6.92 Å². The molecule has 6 nitrogen and oxygen atoms in total. The minimum atomic E-state index is -4.79. The Hall–Kier alpha value is -3.62. The van der Waals surface area contributed by atoms with Crippen LogP contribution < -0.4 is 5.32 Å². The van der Waals surface area contributed by atoms with Crippen LogP contribution in [0.1, 0.15) is 37.5 Å². The van der Waals surface area contributed by atoms with Crippen LogP contribution in [-0.4, -0.2) is 40.6 Å². The number of carbonyl (C=O) groups is 2. The molecular weight excluding hydrogens is 409 g/mol. The van der Waals surface area contributed by atoms with E-state index >= 15 is 0 Å². The number of nitrogens with one attached hydrogen (secondary N) is 1. The van der Waals surface area contributed by atoms with E-state index in [0.717, 1.165) is 11.8 Å². The first-order chi connectivity index (χ1) is 14.6. The van der Waals surface area contributed by atoms with Gasteiger partial charge in [-0.2, -0.15) is 18.3 Å². The first-order valence-electron chi connectivity index (χ1n) is 9.39. The van der Waals surface area contributed by atoms with Gasteiger partial charge in [0.2, 0.25) is 0 Å². The molecule has 2 amide bonds. The lowest BCUT2D eigenvalue weighted by molar-refractivity contribution is -0.143. The number of amides is 2. The van der Waals surface area contributed by atoms with Crippen LogP contribution in [0.25, 0.3) is 5.69 Å². The number of halogens is 3. The predicted molar refractivity (Wildman–Crippen MR) is 109 cm³/mol. The Morgan fingerprint density at radius 2 is 1.77 bits per heavy atom. The van der Waals surface area contributed by atoms with E-state index in [-0.39, 0.29) is 18.1 Å². The molecule has 9 heteroatoms. The second-order valence-electron chi connectivity index (χ2n) is 7.23. The van der Waals surface area contributed by atoms with E-state index in [4.69, 9.17) is 0 Å². The molecule has 0 atom stereocenters. The van der Waals surface area contributed by atoms with Gasteiger partial charge in [0.25, 0.3) is 11.8 Å². The molecule has 1 heterocycles. The number of benzene rings is 2. The van der Waals surface area contributed by atoms with Gasteiger partial charge in [-0.1, -0.05) is 29.8 Å². The monoisotopic (exact) mass is 430 g/mol. The Kier molecular flexibility index (Phi) is 6.14. The van der Waals surface area contributed by atoms with Gasteiger partial charge in [0.1, 0.15) is 0 Å². The van der Waals surface area contributed by atoms with Crippen LogP contribution in [0.5, 0.6) is 0 Å². The highest BCUT2D eigenvalue weighted by atomic mass is 19.4. The third-order valence-corrected chi connectivity index (χ3v) is 4.59. The quantitative estimate of drug-likeness (QED) is 0.669. The van der Waals surface area contributed by atoms with Gasteiger partial charge in [-0.25, -0.2) is 4.68 Å². The third-order valence-electron chi connectivity index (χ3n) is 4.59. The van der Waals surface area contributed by atoms with Crippen LogP contribution >= 0.6 is 0 Å². The number of nitrogens with zero attached hydrogens (tertiary/aromatic N) is 3. The summed E-state index contributed by atoms with van der Waals surface area (Å²) in [6.45, 7) is 1.78. The standard InChI is InChI=1S/C22H21F3N4O2/c1-14-7-9-17(10-8-14)29-19(22(23,24)25)18(13-27-29)20(30)26-12-15-5-4-6-16(11-15)21(31)28(2)3/h4-11,13H,12H2,1-3H3,(H,26,30). The molecule has 0 bridgehead atoms. The average molecular weight is 430 g/mol. The Bertz CT molecular complexity index is 1100. The second kappa shape index (κ2) is 8.63. The summed E-state index contributed by atoms with van der Waals surface area (Å²) in [6, 6.07) is 12.9. The van der Waals surface area contributed by atoms with Gasteiger partial charge in [0, 0.05) is 26.2 Å². The van der Waals surface area contributed by atoms with Crippen molar-refractivity contribution in [1.29, 1.82) is 0 Å². The number of hydrogen-bond donors (Lipinski definition) is 1. The summed E-state index contributed by atoms with van der Waals surface area (Å²) in [6.07, 6.45) is -3.88. The van der Waals surface area contributed by atoms with Gasteiger partial charge in [0.15, 0.2) is 5.69 Å². The lowest BCUT2D eigenvalue weighted by Gasteiger charge is -2.13. The van der Waals surface area contributed by atoms with Gasteiger partial charge >= 0.3 is 6.18 Å². The molecule has 0 spiro atoms. The Balaban J connectivity index is 1.85. The van der Waals surface area contributed by atoms with Crippen molar-refractivity contribution >= 4 is 11.8 Å². The summed E-state index contributed by atoms with van der Waals surface area (Å²) in [5, 5.41) is 6.28. The fourth-order valence-corrected chi connectivity index (χ4v) is 3.02. The Morgan fingerprint density at radius 1 is 1.10 bits per heavy atom. The first kappa shape index (κ1) is 22.1. The predicted octanol–water partition coefficient (Wildman–Crippen LogP) is 3.83. The zero-order chi connectivity index (χ0) is 22.8. The smallest absolute Gasteiger partial charge is 0.348 e. The second-order valence-corrected chi connectivity index (χ2v) is 7.23. The van der Waals surface area contributed by atoms with Crippen LogP contribution in [0.2, 0.25) is 0 Å². The normalized spacial score (nSPS) is 11.3. The van der Waals surface area contributed by atoms with Crippen molar-refractivity contribution in [2.75, 3.05) is 14.1 Å². The molecule has 1 aromatic heterocycles. The van der Waals surface area contributed by atoms with Gasteiger partial charge in [0.05, 0.1) is 17.4 Å². The molecule has 162 valence electrons. The lowest BCUT2D eigenvalue weighted by Crippen LogP contribution is -2.26. The topological polar surface area (TPSA) is 67.2 Å². The van der Waals surface area contributed by atoms with Crippen molar-refractivity contribution in [3.8, 4) is 5.69 Å². The minimum Gasteiger partial charge on any atom is -0.348 e. The maximum atomic E-state index is 13.8.